The number of rotatable bonds is 5. The number of piperidine rings is 1. The van der Waals surface area contributed by atoms with E-state index in [1.807, 2.05) is 0 Å². The molecule has 19 heavy (non-hydrogen) atoms. The molecule has 2 saturated heterocycles. The molecule has 1 atom stereocenters. The second-order valence-electron chi connectivity index (χ2n) is 6.01. The maximum Gasteiger partial charge on any atom is 0.220 e. The quantitative estimate of drug-likeness (QED) is 0.813. The van der Waals surface area contributed by atoms with E-state index in [0.29, 0.717) is 12.5 Å². The van der Waals surface area contributed by atoms with E-state index >= 15 is 0 Å². The Balaban J connectivity index is 0.00000180. The molecule has 0 spiro atoms. The highest BCUT2D eigenvalue weighted by atomic mass is 35.5. The van der Waals surface area contributed by atoms with Crippen molar-refractivity contribution in [2.24, 2.45) is 5.41 Å². The number of amides is 1. The summed E-state index contributed by atoms with van der Waals surface area (Å²) < 4.78 is 5.53. The van der Waals surface area contributed by atoms with E-state index in [1.54, 1.807) is 0 Å². The molecule has 2 aliphatic heterocycles. The molecular formula is C14H27ClN2O2. The zero-order chi connectivity index (χ0) is 12.8. The average Bonchev–Trinajstić information content (AvgIpc) is 2.88. The summed E-state index contributed by atoms with van der Waals surface area (Å²) in [5, 5.41) is 6.46. The summed E-state index contributed by atoms with van der Waals surface area (Å²) in [6.45, 7) is 6.11. The van der Waals surface area contributed by atoms with Crippen molar-refractivity contribution >= 4 is 18.3 Å². The molecule has 2 heterocycles. The molecule has 112 valence electrons. The van der Waals surface area contributed by atoms with Gasteiger partial charge in [-0.3, -0.25) is 4.79 Å². The normalized spacial score (nSPS) is 25.6. The van der Waals surface area contributed by atoms with Crippen LogP contribution in [-0.2, 0) is 9.53 Å². The number of hydrogen-bond acceptors (Lipinski definition) is 3. The van der Waals surface area contributed by atoms with Crippen molar-refractivity contribution in [2.45, 2.75) is 51.6 Å². The summed E-state index contributed by atoms with van der Waals surface area (Å²) >= 11 is 0. The third-order valence-corrected chi connectivity index (χ3v) is 4.24. The van der Waals surface area contributed by atoms with Gasteiger partial charge in [-0.15, -0.1) is 12.4 Å². The van der Waals surface area contributed by atoms with Crippen molar-refractivity contribution in [3.05, 3.63) is 0 Å². The molecule has 0 saturated carbocycles. The highest BCUT2D eigenvalue weighted by Crippen LogP contribution is 2.26. The van der Waals surface area contributed by atoms with Gasteiger partial charge in [0.2, 0.25) is 5.91 Å². The Bertz CT molecular complexity index is 275. The van der Waals surface area contributed by atoms with Crippen molar-refractivity contribution < 1.29 is 9.53 Å². The zero-order valence-electron chi connectivity index (χ0n) is 11.9. The molecule has 1 unspecified atom stereocenters. The maximum atomic E-state index is 11.8. The molecule has 4 nitrogen and oxygen atoms in total. The highest BCUT2D eigenvalue weighted by Gasteiger charge is 2.27. The fourth-order valence-corrected chi connectivity index (χ4v) is 2.77. The van der Waals surface area contributed by atoms with E-state index in [1.165, 1.54) is 0 Å². The minimum atomic E-state index is 0. The monoisotopic (exact) mass is 290 g/mol. The minimum absolute atomic E-state index is 0. The molecule has 0 radical (unpaired) electrons. The number of carbonyl (C=O) groups excluding carboxylic acids is 1. The average molecular weight is 291 g/mol. The Morgan fingerprint density at radius 3 is 2.79 bits per heavy atom. The smallest absolute Gasteiger partial charge is 0.220 e. The first-order chi connectivity index (χ1) is 8.68. The largest absolute Gasteiger partial charge is 0.378 e. The van der Waals surface area contributed by atoms with Gasteiger partial charge in [-0.1, -0.05) is 6.92 Å². The van der Waals surface area contributed by atoms with Crippen LogP contribution in [0.5, 0.6) is 0 Å². The third kappa shape index (κ3) is 5.67. The summed E-state index contributed by atoms with van der Waals surface area (Å²) in [4.78, 5) is 11.8. The first-order valence-corrected chi connectivity index (χ1v) is 7.27. The fraction of sp³-hybridized carbons (Fsp3) is 0.929. The molecule has 1 amide bonds. The van der Waals surface area contributed by atoms with E-state index in [2.05, 4.69) is 17.6 Å². The SMILES string of the molecule is CC1(CNC(=O)CCC2CCCO2)CCNCC1.Cl. The van der Waals surface area contributed by atoms with Crippen molar-refractivity contribution in [3.8, 4) is 0 Å². The molecule has 0 aliphatic carbocycles. The zero-order valence-corrected chi connectivity index (χ0v) is 12.7. The van der Waals surface area contributed by atoms with Gasteiger partial charge in [0, 0.05) is 19.6 Å². The second-order valence-corrected chi connectivity index (χ2v) is 6.01. The number of carbonyl (C=O) groups is 1. The van der Waals surface area contributed by atoms with Crippen LogP contribution in [0.1, 0.15) is 45.4 Å². The van der Waals surface area contributed by atoms with Gasteiger partial charge < -0.3 is 15.4 Å². The van der Waals surface area contributed by atoms with E-state index in [-0.39, 0.29) is 23.7 Å². The first-order valence-electron chi connectivity index (χ1n) is 7.27. The van der Waals surface area contributed by atoms with E-state index in [4.69, 9.17) is 4.74 Å². The Kier molecular flexibility index (Phi) is 7.11. The van der Waals surface area contributed by atoms with Crippen LogP contribution in [0.3, 0.4) is 0 Å². The number of ether oxygens (including phenoxy) is 1. The van der Waals surface area contributed by atoms with Crippen LogP contribution in [0.25, 0.3) is 0 Å². The molecule has 0 aromatic rings. The molecule has 0 aromatic carbocycles. The van der Waals surface area contributed by atoms with Crippen LogP contribution in [-0.4, -0.2) is 38.3 Å². The van der Waals surface area contributed by atoms with E-state index in [0.717, 1.165) is 58.3 Å². The molecule has 2 fully saturated rings. The van der Waals surface area contributed by atoms with Gasteiger partial charge in [0.15, 0.2) is 0 Å². The molecule has 0 aromatic heterocycles. The van der Waals surface area contributed by atoms with Gasteiger partial charge in [0.05, 0.1) is 6.10 Å². The standard InChI is InChI=1S/C14H26N2O2.ClH/c1-14(6-8-15-9-7-14)11-16-13(17)5-4-12-3-2-10-18-12;/h12,15H,2-11H2,1H3,(H,16,17);1H. The highest BCUT2D eigenvalue weighted by molar-refractivity contribution is 5.85. The van der Waals surface area contributed by atoms with Gasteiger partial charge in [-0.05, 0) is 50.6 Å². The van der Waals surface area contributed by atoms with Crippen molar-refractivity contribution in [1.29, 1.82) is 0 Å². The molecule has 0 bridgehead atoms. The first kappa shape index (κ1) is 16.7. The molecule has 2 aliphatic rings. The van der Waals surface area contributed by atoms with Crippen LogP contribution < -0.4 is 10.6 Å². The van der Waals surface area contributed by atoms with Gasteiger partial charge in [-0.2, -0.15) is 0 Å². The summed E-state index contributed by atoms with van der Waals surface area (Å²) in [5.41, 5.74) is 0.283. The summed E-state index contributed by atoms with van der Waals surface area (Å²) in [5.74, 6) is 0.185. The Morgan fingerprint density at radius 1 is 1.42 bits per heavy atom. The van der Waals surface area contributed by atoms with Crippen LogP contribution in [0.15, 0.2) is 0 Å². The Hall–Kier alpha value is -0.320. The van der Waals surface area contributed by atoms with Crippen molar-refractivity contribution in [3.63, 3.8) is 0 Å². The number of halogens is 1. The van der Waals surface area contributed by atoms with Crippen molar-refractivity contribution in [1.82, 2.24) is 10.6 Å². The number of nitrogens with one attached hydrogen (secondary N) is 2. The van der Waals surface area contributed by atoms with E-state index < -0.39 is 0 Å². The predicted octanol–water partition coefficient (Wildman–Crippen LogP) is 1.87. The fourth-order valence-electron chi connectivity index (χ4n) is 2.77. The second kappa shape index (κ2) is 8.08. The molecule has 2 rings (SSSR count). The predicted molar refractivity (Wildman–Crippen MR) is 78.7 cm³/mol. The Morgan fingerprint density at radius 2 is 2.16 bits per heavy atom. The summed E-state index contributed by atoms with van der Waals surface area (Å²) in [6, 6.07) is 0. The Labute approximate surface area is 122 Å². The lowest BCUT2D eigenvalue weighted by Crippen LogP contribution is -2.42. The topological polar surface area (TPSA) is 50.4 Å². The number of hydrogen-bond donors (Lipinski definition) is 2. The minimum Gasteiger partial charge on any atom is -0.378 e. The van der Waals surface area contributed by atoms with Crippen LogP contribution in [0.2, 0.25) is 0 Å². The lowest BCUT2D eigenvalue weighted by molar-refractivity contribution is -0.122. The lowest BCUT2D eigenvalue weighted by atomic mass is 9.81. The van der Waals surface area contributed by atoms with Gasteiger partial charge >= 0.3 is 0 Å². The molecule has 2 N–H and O–H groups in total. The van der Waals surface area contributed by atoms with Gasteiger partial charge in [-0.25, -0.2) is 0 Å². The van der Waals surface area contributed by atoms with Crippen LogP contribution >= 0.6 is 12.4 Å². The van der Waals surface area contributed by atoms with Crippen LogP contribution in [0, 0.1) is 5.41 Å². The summed E-state index contributed by atoms with van der Waals surface area (Å²) in [7, 11) is 0. The van der Waals surface area contributed by atoms with E-state index in [9.17, 15) is 4.79 Å². The van der Waals surface area contributed by atoms with Crippen molar-refractivity contribution in [2.75, 3.05) is 26.2 Å². The lowest BCUT2D eigenvalue weighted by Gasteiger charge is -2.34. The van der Waals surface area contributed by atoms with Gasteiger partial charge in [0.25, 0.3) is 0 Å². The maximum absolute atomic E-state index is 11.8. The molecular weight excluding hydrogens is 264 g/mol. The summed E-state index contributed by atoms with van der Waals surface area (Å²) in [6.07, 6.45) is 6.39. The third-order valence-electron chi connectivity index (χ3n) is 4.24. The van der Waals surface area contributed by atoms with Crippen LogP contribution in [0.4, 0.5) is 0 Å². The molecule has 5 heteroatoms. The van der Waals surface area contributed by atoms with Gasteiger partial charge in [0.1, 0.15) is 0 Å².